The highest BCUT2D eigenvalue weighted by Gasteiger charge is 2.56. The molecule has 0 radical (unpaired) electrons. The molecule has 2 bridgehead atoms. The van der Waals surface area contributed by atoms with Crippen LogP contribution in [0.3, 0.4) is 0 Å². The molecule has 0 heterocycles. The number of rotatable bonds is 10. The normalized spacial score (nSPS) is 24.8. The Hall–Kier alpha value is -1.48. The van der Waals surface area contributed by atoms with Crippen LogP contribution >= 0.6 is 0 Å². The Morgan fingerprint density at radius 2 is 1.70 bits per heavy atom. The van der Waals surface area contributed by atoms with E-state index in [1.807, 2.05) is 0 Å². The fraction of sp³-hybridized carbons (Fsp3) is 0.704. The zero-order valence-electron chi connectivity index (χ0n) is 20.2. The van der Waals surface area contributed by atoms with Crippen molar-refractivity contribution in [2.45, 2.75) is 84.5 Å². The first-order chi connectivity index (χ1) is 14.2. The molecule has 3 nitrogen and oxygen atoms in total. The zero-order valence-corrected chi connectivity index (χ0v) is 20.2. The zero-order chi connectivity index (χ0) is 22.1. The van der Waals surface area contributed by atoms with Gasteiger partial charge in [-0.15, -0.1) is 0 Å². The van der Waals surface area contributed by atoms with Crippen LogP contribution < -0.4 is 9.47 Å². The summed E-state index contributed by atoms with van der Waals surface area (Å²) in [5.41, 5.74) is 3.88. The van der Waals surface area contributed by atoms with Gasteiger partial charge in [0, 0.05) is 11.5 Å². The third kappa shape index (κ3) is 4.02. The first-order valence-electron chi connectivity index (χ1n) is 11.8. The molecule has 0 saturated heterocycles. The van der Waals surface area contributed by atoms with Gasteiger partial charge in [-0.2, -0.15) is 0 Å². The van der Waals surface area contributed by atoms with Crippen molar-refractivity contribution < 1.29 is 14.6 Å². The van der Waals surface area contributed by atoms with Gasteiger partial charge in [-0.1, -0.05) is 66.4 Å². The Morgan fingerprint density at radius 3 is 2.20 bits per heavy atom. The molecule has 3 heteroatoms. The van der Waals surface area contributed by atoms with Crippen LogP contribution in [-0.2, 0) is 5.41 Å². The van der Waals surface area contributed by atoms with Gasteiger partial charge in [0.1, 0.15) is 11.5 Å². The van der Waals surface area contributed by atoms with Crippen LogP contribution in [0, 0.1) is 17.3 Å². The third-order valence-electron chi connectivity index (χ3n) is 8.11. The molecule has 4 rings (SSSR count). The summed E-state index contributed by atoms with van der Waals surface area (Å²) in [4.78, 5) is 0. The lowest BCUT2D eigenvalue weighted by atomic mass is 9.45. The molecule has 1 N–H and O–H groups in total. The predicted octanol–water partition coefficient (Wildman–Crippen LogP) is 6.63. The summed E-state index contributed by atoms with van der Waals surface area (Å²) in [6.45, 7) is 11.7. The largest absolute Gasteiger partial charge is 0.496 e. The lowest BCUT2D eigenvalue weighted by Crippen LogP contribution is -2.51. The summed E-state index contributed by atoms with van der Waals surface area (Å²) >= 11 is 0. The SMILES string of the molecule is CCCCCCC(C)(C)c1cc(OC)c(C2C=C(CO)C3C[C@@H]2C3(C)C)c(OC)c1. The Bertz CT molecular complexity index is 749. The first kappa shape index (κ1) is 23.2. The second kappa shape index (κ2) is 8.94. The van der Waals surface area contributed by atoms with Gasteiger partial charge in [0.25, 0.3) is 0 Å². The van der Waals surface area contributed by atoms with Gasteiger partial charge in [0.2, 0.25) is 0 Å². The summed E-state index contributed by atoms with van der Waals surface area (Å²) in [5, 5.41) is 9.98. The molecule has 3 aliphatic carbocycles. The number of hydrogen-bond donors (Lipinski definition) is 1. The highest BCUT2D eigenvalue weighted by atomic mass is 16.5. The summed E-state index contributed by atoms with van der Waals surface area (Å²) < 4.78 is 11.9. The molecule has 1 aromatic carbocycles. The smallest absolute Gasteiger partial charge is 0.126 e. The molecule has 1 fully saturated rings. The van der Waals surface area contributed by atoms with Crippen LogP contribution in [0.15, 0.2) is 23.8 Å². The molecule has 0 aromatic heterocycles. The number of benzene rings is 1. The molecule has 30 heavy (non-hydrogen) atoms. The van der Waals surface area contributed by atoms with Crippen molar-refractivity contribution in [3.05, 3.63) is 34.9 Å². The number of ether oxygens (including phenoxy) is 2. The predicted molar refractivity (Wildman–Crippen MR) is 125 cm³/mol. The number of unbranched alkanes of at least 4 members (excludes halogenated alkanes) is 3. The highest BCUT2D eigenvalue weighted by molar-refractivity contribution is 5.55. The van der Waals surface area contributed by atoms with Crippen molar-refractivity contribution >= 4 is 0 Å². The van der Waals surface area contributed by atoms with Gasteiger partial charge < -0.3 is 14.6 Å². The average Bonchev–Trinajstić information content (AvgIpc) is 2.74. The van der Waals surface area contributed by atoms with Crippen molar-refractivity contribution in [3.8, 4) is 11.5 Å². The van der Waals surface area contributed by atoms with E-state index in [1.54, 1.807) is 14.2 Å². The number of allylic oxidation sites excluding steroid dienone is 1. The van der Waals surface area contributed by atoms with Crippen molar-refractivity contribution in [1.82, 2.24) is 0 Å². The topological polar surface area (TPSA) is 38.7 Å². The second-order valence-electron chi connectivity index (χ2n) is 10.6. The van der Waals surface area contributed by atoms with E-state index in [-0.39, 0.29) is 23.4 Å². The molecule has 0 amide bonds. The van der Waals surface area contributed by atoms with Gasteiger partial charge in [0.15, 0.2) is 0 Å². The molecule has 0 aliphatic heterocycles. The van der Waals surface area contributed by atoms with Gasteiger partial charge in [-0.3, -0.25) is 0 Å². The number of aliphatic hydroxyl groups excluding tert-OH is 1. The molecule has 2 unspecified atom stereocenters. The van der Waals surface area contributed by atoms with E-state index in [0.717, 1.165) is 29.9 Å². The van der Waals surface area contributed by atoms with E-state index in [1.165, 1.54) is 36.8 Å². The van der Waals surface area contributed by atoms with E-state index < -0.39 is 0 Å². The Labute approximate surface area is 183 Å². The first-order valence-corrected chi connectivity index (χ1v) is 11.8. The van der Waals surface area contributed by atoms with Crippen molar-refractivity contribution in [2.24, 2.45) is 17.3 Å². The second-order valence-corrected chi connectivity index (χ2v) is 10.6. The summed E-state index contributed by atoms with van der Waals surface area (Å²) in [6.07, 6.45) is 9.70. The molecule has 0 spiro atoms. The fourth-order valence-corrected chi connectivity index (χ4v) is 5.90. The van der Waals surface area contributed by atoms with Crippen LogP contribution in [0.25, 0.3) is 0 Å². The summed E-state index contributed by atoms with van der Waals surface area (Å²) in [7, 11) is 3.54. The minimum atomic E-state index is 0.0757. The Kier molecular flexibility index (Phi) is 6.91. The minimum absolute atomic E-state index is 0.0757. The fourth-order valence-electron chi connectivity index (χ4n) is 5.90. The van der Waals surface area contributed by atoms with Crippen LogP contribution in [0.1, 0.15) is 90.2 Å². The van der Waals surface area contributed by atoms with Gasteiger partial charge in [-0.05, 0) is 58.8 Å². The number of methoxy groups -OCH3 is 2. The molecular formula is C27H42O3. The van der Waals surface area contributed by atoms with Gasteiger partial charge in [-0.25, -0.2) is 0 Å². The van der Waals surface area contributed by atoms with Crippen molar-refractivity contribution in [3.63, 3.8) is 0 Å². The summed E-state index contributed by atoms with van der Waals surface area (Å²) in [6, 6.07) is 4.48. The maximum atomic E-state index is 9.98. The maximum absolute atomic E-state index is 9.98. The number of hydrogen-bond acceptors (Lipinski definition) is 3. The van der Waals surface area contributed by atoms with Crippen LogP contribution in [0.5, 0.6) is 11.5 Å². The molecule has 1 aromatic rings. The lowest BCUT2D eigenvalue weighted by molar-refractivity contribution is -0.0260. The highest BCUT2D eigenvalue weighted by Crippen LogP contribution is 2.65. The molecule has 3 aliphatic rings. The van der Waals surface area contributed by atoms with E-state index in [0.29, 0.717) is 11.8 Å². The van der Waals surface area contributed by atoms with Crippen LogP contribution in [0.4, 0.5) is 0 Å². The Morgan fingerprint density at radius 1 is 1.07 bits per heavy atom. The molecule has 168 valence electrons. The molecule has 3 atom stereocenters. The van der Waals surface area contributed by atoms with Gasteiger partial charge >= 0.3 is 0 Å². The van der Waals surface area contributed by atoms with E-state index in [9.17, 15) is 5.11 Å². The van der Waals surface area contributed by atoms with Crippen molar-refractivity contribution in [1.29, 1.82) is 0 Å². The third-order valence-corrected chi connectivity index (χ3v) is 8.11. The molecular weight excluding hydrogens is 372 g/mol. The monoisotopic (exact) mass is 414 g/mol. The quantitative estimate of drug-likeness (QED) is 0.345. The lowest BCUT2D eigenvalue weighted by Gasteiger charge is -2.59. The average molecular weight is 415 g/mol. The van der Waals surface area contributed by atoms with E-state index >= 15 is 0 Å². The standard InChI is InChI=1S/C27H42O3/c1-8-9-10-11-12-26(2,3)19-14-23(29-6)25(24(15-19)30-7)20-13-18(17-28)21-16-22(20)27(21,4)5/h13-15,20-22,28H,8-12,16-17H2,1-7H3/t20?,21?,22-/m0/s1. The van der Waals surface area contributed by atoms with Gasteiger partial charge in [0.05, 0.1) is 20.8 Å². The Balaban J connectivity index is 1.99. The van der Waals surface area contributed by atoms with Crippen LogP contribution in [0.2, 0.25) is 0 Å². The number of aliphatic hydroxyl groups is 1. The maximum Gasteiger partial charge on any atom is 0.126 e. The minimum Gasteiger partial charge on any atom is -0.496 e. The summed E-state index contributed by atoms with van der Waals surface area (Å²) in [5.74, 6) is 3.12. The van der Waals surface area contributed by atoms with Crippen LogP contribution in [-0.4, -0.2) is 25.9 Å². The van der Waals surface area contributed by atoms with Crippen molar-refractivity contribution in [2.75, 3.05) is 20.8 Å². The molecule has 1 saturated carbocycles. The van der Waals surface area contributed by atoms with E-state index in [2.05, 4.69) is 52.8 Å². The van der Waals surface area contributed by atoms with E-state index in [4.69, 9.17) is 9.47 Å². The number of fused-ring (bicyclic) bond motifs is 1.